The maximum Gasteiger partial charge on any atom is 0.220 e. The lowest BCUT2D eigenvalue weighted by Gasteiger charge is -2.05. The molecule has 0 rings (SSSR count). The summed E-state index contributed by atoms with van der Waals surface area (Å²) in [5.74, 6) is 0.121. The van der Waals surface area contributed by atoms with Crippen LogP contribution in [-0.4, -0.2) is 17.8 Å². The molecule has 1 amide bonds. The first-order valence-electron chi connectivity index (χ1n) is 4.57. The molecular formula is C9H18ClNO. The lowest BCUT2D eigenvalue weighted by Crippen LogP contribution is -2.28. The van der Waals surface area contributed by atoms with Crippen LogP contribution >= 0.6 is 11.6 Å². The van der Waals surface area contributed by atoms with Crippen molar-refractivity contribution in [1.82, 2.24) is 5.32 Å². The minimum atomic E-state index is 0.0279. The standard InChI is InChI=1S/C9H18ClNO/c1-3-4-5-6-9(12)11-7-8(2)10/h8H,3-7H2,1-2H3,(H,11,12). The van der Waals surface area contributed by atoms with Crippen molar-refractivity contribution >= 4 is 17.5 Å². The van der Waals surface area contributed by atoms with Crippen molar-refractivity contribution in [2.75, 3.05) is 6.54 Å². The van der Waals surface area contributed by atoms with E-state index in [9.17, 15) is 4.79 Å². The van der Waals surface area contributed by atoms with Gasteiger partial charge in [-0.15, -0.1) is 11.6 Å². The van der Waals surface area contributed by atoms with E-state index in [1.165, 1.54) is 0 Å². The topological polar surface area (TPSA) is 29.1 Å². The molecule has 0 aliphatic carbocycles. The summed E-state index contributed by atoms with van der Waals surface area (Å²) in [7, 11) is 0. The van der Waals surface area contributed by atoms with E-state index in [0.717, 1.165) is 19.3 Å². The van der Waals surface area contributed by atoms with Gasteiger partial charge in [0.1, 0.15) is 0 Å². The smallest absolute Gasteiger partial charge is 0.220 e. The van der Waals surface area contributed by atoms with Crippen LogP contribution in [0, 0.1) is 0 Å². The second kappa shape index (κ2) is 7.41. The van der Waals surface area contributed by atoms with Gasteiger partial charge in [-0.25, -0.2) is 0 Å². The van der Waals surface area contributed by atoms with Gasteiger partial charge in [-0.05, 0) is 13.3 Å². The summed E-state index contributed by atoms with van der Waals surface area (Å²) in [6.45, 7) is 4.57. The Kier molecular flexibility index (Phi) is 7.26. The SMILES string of the molecule is CCCCCC(=O)NCC(C)Cl. The molecule has 12 heavy (non-hydrogen) atoms. The molecule has 0 aromatic carbocycles. The molecule has 0 saturated heterocycles. The minimum absolute atomic E-state index is 0.0279. The first-order chi connectivity index (χ1) is 5.66. The monoisotopic (exact) mass is 191 g/mol. The Bertz CT molecular complexity index is 126. The number of nitrogens with one attached hydrogen (secondary N) is 1. The largest absolute Gasteiger partial charge is 0.355 e. The summed E-state index contributed by atoms with van der Waals surface area (Å²) in [4.78, 5) is 11.1. The van der Waals surface area contributed by atoms with Crippen LogP contribution in [0.1, 0.15) is 39.5 Å². The van der Waals surface area contributed by atoms with Gasteiger partial charge in [0.25, 0.3) is 0 Å². The van der Waals surface area contributed by atoms with E-state index >= 15 is 0 Å². The number of rotatable bonds is 6. The normalized spacial score (nSPS) is 12.6. The third-order valence-corrected chi connectivity index (χ3v) is 1.74. The van der Waals surface area contributed by atoms with Crippen LogP contribution in [0.25, 0.3) is 0 Å². The van der Waals surface area contributed by atoms with Gasteiger partial charge in [-0.2, -0.15) is 0 Å². The number of halogens is 1. The summed E-state index contributed by atoms with van der Waals surface area (Å²) in [5.41, 5.74) is 0. The van der Waals surface area contributed by atoms with Crippen LogP contribution in [0.15, 0.2) is 0 Å². The Morgan fingerprint density at radius 2 is 2.17 bits per heavy atom. The molecule has 0 aliphatic rings. The predicted molar refractivity (Wildman–Crippen MR) is 52.5 cm³/mol. The second-order valence-corrected chi connectivity index (χ2v) is 3.79. The first-order valence-corrected chi connectivity index (χ1v) is 5.01. The van der Waals surface area contributed by atoms with E-state index in [4.69, 9.17) is 11.6 Å². The van der Waals surface area contributed by atoms with Gasteiger partial charge in [0.2, 0.25) is 5.91 Å². The van der Waals surface area contributed by atoms with Gasteiger partial charge >= 0.3 is 0 Å². The summed E-state index contributed by atoms with van der Waals surface area (Å²) < 4.78 is 0. The molecule has 0 aliphatic heterocycles. The van der Waals surface area contributed by atoms with Crippen molar-refractivity contribution in [1.29, 1.82) is 0 Å². The molecular weight excluding hydrogens is 174 g/mol. The van der Waals surface area contributed by atoms with E-state index < -0.39 is 0 Å². The molecule has 3 heteroatoms. The van der Waals surface area contributed by atoms with Gasteiger partial charge in [-0.1, -0.05) is 19.8 Å². The minimum Gasteiger partial charge on any atom is -0.355 e. The number of carbonyl (C=O) groups excluding carboxylic acids is 1. The van der Waals surface area contributed by atoms with E-state index in [2.05, 4.69) is 12.2 Å². The lowest BCUT2D eigenvalue weighted by atomic mass is 10.2. The highest BCUT2D eigenvalue weighted by Gasteiger charge is 2.01. The van der Waals surface area contributed by atoms with Gasteiger partial charge in [0.05, 0.1) is 0 Å². The van der Waals surface area contributed by atoms with Crippen LogP contribution in [0.5, 0.6) is 0 Å². The average Bonchev–Trinajstić information content (AvgIpc) is 2.01. The Balaban J connectivity index is 3.22. The molecule has 0 heterocycles. The molecule has 1 atom stereocenters. The summed E-state index contributed by atoms with van der Waals surface area (Å²) >= 11 is 5.67. The lowest BCUT2D eigenvalue weighted by molar-refractivity contribution is -0.121. The summed E-state index contributed by atoms with van der Waals surface area (Å²) in [6.07, 6.45) is 3.90. The molecule has 0 spiro atoms. The third kappa shape index (κ3) is 7.86. The second-order valence-electron chi connectivity index (χ2n) is 3.04. The third-order valence-electron chi connectivity index (χ3n) is 1.59. The Labute approximate surface area is 79.7 Å². The van der Waals surface area contributed by atoms with Crippen molar-refractivity contribution in [3.8, 4) is 0 Å². The van der Waals surface area contributed by atoms with Crippen molar-refractivity contribution in [3.63, 3.8) is 0 Å². The fourth-order valence-electron chi connectivity index (χ4n) is 0.878. The zero-order valence-electron chi connectivity index (χ0n) is 7.90. The first kappa shape index (κ1) is 11.8. The van der Waals surface area contributed by atoms with Crippen molar-refractivity contribution in [3.05, 3.63) is 0 Å². The van der Waals surface area contributed by atoms with Crippen LogP contribution in [-0.2, 0) is 4.79 Å². The number of hydrogen-bond acceptors (Lipinski definition) is 1. The van der Waals surface area contributed by atoms with E-state index in [1.54, 1.807) is 0 Å². The molecule has 0 aromatic heterocycles. The highest BCUT2D eigenvalue weighted by Crippen LogP contribution is 1.98. The van der Waals surface area contributed by atoms with Gasteiger partial charge in [0, 0.05) is 18.3 Å². The quantitative estimate of drug-likeness (QED) is 0.507. The van der Waals surface area contributed by atoms with Crippen molar-refractivity contribution < 1.29 is 4.79 Å². The van der Waals surface area contributed by atoms with Gasteiger partial charge in [0.15, 0.2) is 0 Å². The van der Waals surface area contributed by atoms with Crippen LogP contribution in [0.2, 0.25) is 0 Å². The molecule has 0 bridgehead atoms. The maximum atomic E-state index is 11.1. The molecule has 2 nitrogen and oxygen atoms in total. The number of hydrogen-bond donors (Lipinski definition) is 1. The highest BCUT2D eigenvalue weighted by atomic mass is 35.5. The summed E-state index contributed by atoms with van der Waals surface area (Å²) in [6, 6.07) is 0. The van der Waals surface area contributed by atoms with Crippen LogP contribution < -0.4 is 5.32 Å². The Morgan fingerprint density at radius 1 is 1.50 bits per heavy atom. The highest BCUT2D eigenvalue weighted by molar-refractivity contribution is 6.20. The average molecular weight is 192 g/mol. The van der Waals surface area contributed by atoms with Crippen molar-refractivity contribution in [2.24, 2.45) is 0 Å². The zero-order valence-corrected chi connectivity index (χ0v) is 8.66. The Morgan fingerprint density at radius 3 is 2.67 bits per heavy atom. The molecule has 1 unspecified atom stereocenters. The van der Waals surface area contributed by atoms with Gasteiger partial charge < -0.3 is 5.32 Å². The number of alkyl halides is 1. The maximum absolute atomic E-state index is 11.1. The fourth-order valence-corrected chi connectivity index (χ4v) is 0.956. The predicted octanol–water partition coefficient (Wildman–Crippen LogP) is 2.31. The van der Waals surface area contributed by atoms with E-state index in [1.807, 2.05) is 6.92 Å². The number of unbranched alkanes of at least 4 members (excludes halogenated alkanes) is 2. The molecule has 0 fully saturated rings. The molecule has 72 valence electrons. The molecule has 1 N–H and O–H groups in total. The molecule has 0 radical (unpaired) electrons. The van der Waals surface area contributed by atoms with Crippen LogP contribution in [0.3, 0.4) is 0 Å². The fraction of sp³-hybridized carbons (Fsp3) is 0.889. The zero-order chi connectivity index (χ0) is 9.40. The Hall–Kier alpha value is -0.240. The number of amides is 1. The number of carbonyl (C=O) groups is 1. The van der Waals surface area contributed by atoms with E-state index in [-0.39, 0.29) is 11.3 Å². The molecule has 0 aromatic rings. The van der Waals surface area contributed by atoms with Gasteiger partial charge in [-0.3, -0.25) is 4.79 Å². The molecule has 0 saturated carbocycles. The van der Waals surface area contributed by atoms with E-state index in [0.29, 0.717) is 13.0 Å². The van der Waals surface area contributed by atoms with Crippen LogP contribution in [0.4, 0.5) is 0 Å². The van der Waals surface area contributed by atoms with Crippen molar-refractivity contribution in [2.45, 2.75) is 44.9 Å². The summed E-state index contributed by atoms with van der Waals surface area (Å²) in [5, 5.41) is 2.80.